The minimum atomic E-state index is -0.787. The van der Waals surface area contributed by atoms with Gasteiger partial charge in [-0.25, -0.2) is 18.8 Å². The molecule has 0 heterocycles. The summed E-state index contributed by atoms with van der Waals surface area (Å²) < 4.78 is 29.3. The maximum absolute atomic E-state index is 14.0. The van der Waals surface area contributed by atoms with Crippen LogP contribution in [0.5, 0.6) is 17.2 Å². The van der Waals surface area contributed by atoms with Crippen LogP contribution in [0, 0.1) is 5.82 Å². The molecule has 0 aliphatic rings. The van der Waals surface area contributed by atoms with E-state index in [4.69, 9.17) is 14.2 Å². The second-order valence-corrected chi connectivity index (χ2v) is 7.56. The van der Waals surface area contributed by atoms with Gasteiger partial charge in [0.2, 0.25) is 0 Å². The third kappa shape index (κ3) is 7.46. The summed E-state index contributed by atoms with van der Waals surface area (Å²) in [4.78, 5) is 48.3. The summed E-state index contributed by atoms with van der Waals surface area (Å²) in [5.74, 6) is -4.13. The Kier molecular flexibility index (Phi) is 8.77. The lowest BCUT2D eigenvalue weighted by molar-refractivity contribution is -0.132. The van der Waals surface area contributed by atoms with Crippen LogP contribution in [0.25, 0.3) is 6.08 Å². The van der Waals surface area contributed by atoms with Crippen molar-refractivity contribution in [3.05, 3.63) is 95.9 Å². The van der Waals surface area contributed by atoms with Crippen LogP contribution in [-0.4, -0.2) is 23.7 Å². The van der Waals surface area contributed by atoms with E-state index < -0.39 is 29.5 Å². The Morgan fingerprint density at radius 1 is 0.714 bits per heavy atom. The zero-order chi connectivity index (χ0) is 26.3. The SMILES string of the molecule is C=C(C)C(=O)Oc1cc(/C=C/C(=O)c2ccc(OC(=O)C(=C)C)c(OC(=O)C(=C)C)c2)ccc1F. The number of rotatable bonds is 9. The van der Waals surface area contributed by atoms with Crippen LogP contribution < -0.4 is 14.2 Å². The van der Waals surface area contributed by atoms with Crippen molar-refractivity contribution in [3.63, 3.8) is 0 Å². The summed E-state index contributed by atoms with van der Waals surface area (Å²) in [6, 6.07) is 7.63. The van der Waals surface area contributed by atoms with E-state index in [0.717, 1.165) is 6.07 Å². The summed E-state index contributed by atoms with van der Waals surface area (Å²) >= 11 is 0. The van der Waals surface area contributed by atoms with E-state index in [1.807, 2.05) is 0 Å². The highest BCUT2D eigenvalue weighted by molar-refractivity contribution is 6.07. The predicted octanol–water partition coefficient (Wildman–Crippen LogP) is 5.17. The molecule has 8 heteroatoms. The number of benzene rings is 2. The van der Waals surface area contributed by atoms with Crippen LogP contribution in [0.2, 0.25) is 0 Å². The summed E-state index contributed by atoms with van der Waals surface area (Å²) in [5, 5.41) is 0. The lowest BCUT2D eigenvalue weighted by atomic mass is 10.1. The van der Waals surface area contributed by atoms with Crippen molar-refractivity contribution in [2.45, 2.75) is 20.8 Å². The van der Waals surface area contributed by atoms with Crippen LogP contribution in [-0.2, 0) is 14.4 Å². The number of ketones is 1. The van der Waals surface area contributed by atoms with Crippen LogP contribution in [0.3, 0.4) is 0 Å². The van der Waals surface area contributed by atoms with Gasteiger partial charge in [-0.15, -0.1) is 0 Å². The van der Waals surface area contributed by atoms with E-state index in [1.54, 1.807) is 0 Å². The number of ether oxygens (including phenoxy) is 3. The van der Waals surface area contributed by atoms with E-state index in [0.29, 0.717) is 5.56 Å². The number of carbonyl (C=O) groups is 4. The van der Waals surface area contributed by atoms with Crippen LogP contribution in [0.4, 0.5) is 4.39 Å². The Morgan fingerprint density at radius 3 is 1.77 bits per heavy atom. The molecule has 0 fully saturated rings. The number of hydrogen-bond acceptors (Lipinski definition) is 7. The molecule has 0 amide bonds. The van der Waals surface area contributed by atoms with Gasteiger partial charge in [-0.3, -0.25) is 4.79 Å². The Labute approximate surface area is 201 Å². The molecular weight excluding hydrogens is 455 g/mol. The number of halogens is 1. The lowest BCUT2D eigenvalue weighted by Crippen LogP contribution is -2.13. The molecule has 2 aromatic rings. The maximum Gasteiger partial charge on any atom is 0.338 e. The van der Waals surface area contributed by atoms with E-state index in [-0.39, 0.29) is 39.5 Å². The zero-order valence-electron chi connectivity index (χ0n) is 19.5. The van der Waals surface area contributed by atoms with Crippen molar-refractivity contribution in [2.75, 3.05) is 0 Å². The fraction of sp³-hybridized carbons (Fsp3) is 0.111. The molecule has 0 saturated carbocycles. The van der Waals surface area contributed by atoms with Crippen molar-refractivity contribution in [1.29, 1.82) is 0 Å². The first-order chi connectivity index (χ1) is 16.4. The third-order valence-electron chi connectivity index (χ3n) is 4.26. The number of carbonyl (C=O) groups excluding carboxylic acids is 4. The molecule has 0 aliphatic heterocycles. The molecule has 180 valence electrons. The van der Waals surface area contributed by atoms with E-state index in [9.17, 15) is 23.6 Å². The summed E-state index contributed by atoms with van der Waals surface area (Å²) in [5.41, 5.74) is 0.805. The fourth-order valence-corrected chi connectivity index (χ4v) is 2.36. The molecule has 35 heavy (non-hydrogen) atoms. The first-order valence-corrected chi connectivity index (χ1v) is 10.2. The standard InChI is InChI=1S/C27H23FO7/c1-15(2)25(30)33-22-12-9-19(14-24(22)35-27(32)17(5)6)21(29)11-8-18-7-10-20(28)23(13-18)34-26(31)16(3)4/h7-14H,1,3,5H2,2,4,6H3/b11-8+. The van der Waals surface area contributed by atoms with Gasteiger partial charge in [-0.05, 0) is 62.7 Å². The molecule has 0 spiro atoms. The van der Waals surface area contributed by atoms with Gasteiger partial charge in [0.1, 0.15) is 0 Å². The molecular formula is C27H23FO7. The average Bonchev–Trinajstić information content (AvgIpc) is 2.79. The van der Waals surface area contributed by atoms with Crippen LogP contribution in [0.15, 0.2) is 78.9 Å². The van der Waals surface area contributed by atoms with Gasteiger partial charge in [0.05, 0.1) is 0 Å². The van der Waals surface area contributed by atoms with E-state index >= 15 is 0 Å². The molecule has 0 radical (unpaired) electrons. The Hall–Kier alpha value is -4.59. The lowest BCUT2D eigenvalue weighted by Gasteiger charge is -2.11. The maximum atomic E-state index is 14.0. The monoisotopic (exact) mass is 478 g/mol. The summed E-state index contributed by atoms with van der Waals surface area (Å²) in [7, 11) is 0. The normalized spacial score (nSPS) is 10.4. The Balaban J connectivity index is 2.32. The second kappa shape index (κ2) is 11.5. The molecule has 7 nitrogen and oxygen atoms in total. The van der Waals surface area contributed by atoms with Gasteiger partial charge in [-0.1, -0.05) is 31.9 Å². The molecule has 0 unspecified atom stereocenters. The largest absolute Gasteiger partial charge is 0.420 e. The molecule has 0 bridgehead atoms. The summed E-state index contributed by atoms with van der Waals surface area (Å²) in [6.45, 7) is 14.7. The number of esters is 3. The van der Waals surface area contributed by atoms with Crippen molar-refractivity contribution in [1.82, 2.24) is 0 Å². The third-order valence-corrected chi connectivity index (χ3v) is 4.26. The molecule has 2 aromatic carbocycles. The molecule has 0 N–H and O–H groups in total. The minimum Gasteiger partial charge on any atom is -0.420 e. The van der Waals surface area contributed by atoms with Gasteiger partial charge in [0.15, 0.2) is 28.8 Å². The van der Waals surface area contributed by atoms with Crippen molar-refractivity contribution in [2.24, 2.45) is 0 Å². The Bertz CT molecular complexity index is 1280. The van der Waals surface area contributed by atoms with Gasteiger partial charge in [-0.2, -0.15) is 0 Å². The Morgan fingerprint density at radius 2 is 1.23 bits per heavy atom. The summed E-state index contributed by atoms with van der Waals surface area (Å²) in [6.07, 6.45) is 2.57. The quantitative estimate of drug-likeness (QED) is 0.212. The van der Waals surface area contributed by atoms with Gasteiger partial charge in [0, 0.05) is 22.3 Å². The average molecular weight is 478 g/mol. The number of allylic oxidation sites excluding steroid dienone is 1. The van der Waals surface area contributed by atoms with Crippen molar-refractivity contribution >= 4 is 29.8 Å². The van der Waals surface area contributed by atoms with E-state index in [2.05, 4.69) is 19.7 Å². The highest BCUT2D eigenvalue weighted by Crippen LogP contribution is 2.30. The molecule has 0 atom stereocenters. The van der Waals surface area contributed by atoms with Crippen LogP contribution >= 0.6 is 0 Å². The fourth-order valence-electron chi connectivity index (χ4n) is 2.36. The second-order valence-electron chi connectivity index (χ2n) is 7.56. The van der Waals surface area contributed by atoms with Gasteiger partial charge < -0.3 is 14.2 Å². The first kappa shape index (κ1) is 26.7. The highest BCUT2D eigenvalue weighted by Gasteiger charge is 2.17. The predicted molar refractivity (Wildman–Crippen MR) is 128 cm³/mol. The smallest absolute Gasteiger partial charge is 0.338 e. The molecule has 0 saturated heterocycles. The minimum absolute atomic E-state index is 0.0874. The van der Waals surface area contributed by atoms with Gasteiger partial charge in [0.25, 0.3) is 0 Å². The number of hydrogen-bond donors (Lipinski definition) is 0. The first-order valence-electron chi connectivity index (χ1n) is 10.2. The van der Waals surface area contributed by atoms with Crippen molar-refractivity contribution in [3.8, 4) is 17.2 Å². The molecule has 2 rings (SSSR count). The zero-order valence-corrected chi connectivity index (χ0v) is 19.5. The van der Waals surface area contributed by atoms with Crippen LogP contribution in [0.1, 0.15) is 36.7 Å². The van der Waals surface area contributed by atoms with E-state index in [1.165, 1.54) is 63.3 Å². The van der Waals surface area contributed by atoms with Gasteiger partial charge >= 0.3 is 17.9 Å². The molecule has 0 aliphatic carbocycles. The highest BCUT2D eigenvalue weighted by atomic mass is 19.1. The molecule has 0 aromatic heterocycles. The van der Waals surface area contributed by atoms with Crippen molar-refractivity contribution < 1.29 is 37.8 Å². The topological polar surface area (TPSA) is 96.0 Å².